The first-order valence-electron chi connectivity index (χ1n) is 2.61. The van der Waals surface area contributed by atoms with Gasteiger partial charge in [0, 0.05) is 2.85 Å². The third kappa shape index (κ3) is 1.37. The van der Waals surface area contributed by atoms with E-state index in [4.69, 9.17) is 0 Å². The van der Waals surface area contributed by atoms with Crippen LogP contribution >= 0.6 is 0 Å². The molecule has 2 radical (unpaired) electrons. The van der Waals surface area contributed by atoms with Crippen LogP contribution in [0, 0.1) is 6.92 Å². The summed E-state index contributed by atoms with van der Waals surface area (Å²) in [6, 6.07) is 8.37. The quantitative estimate of drug-likeness (QED) is 0.455. The van der Waals surface area contributed by atoms with Gasteiger partial charge >= 0.3 is 0 Å². The molecule has 0 N–H and O–H groups in total. The lowest BCUT2D eigenvalue weighted by atomic mass is 10.2. The summed E-state index contributed by atoms with van der Waals surface area (Å²) in [5, 5.41) is 0. The Kier molecular flexibility index (Phi) is 1.73. The van der Waals surface area contributed by atoms with Crippen LogP contribution in [0.1, 0.15) is 8.42 Å². The zero-order valence-electron chi connectivity index (χ0n) is 4.89. The minimum atomic E-state index is 0. The molecule has 0 nitrogen and oxygen atoms in total. The minimum Gasteiger partial charge on any atom is -0.139 e. The molecular weight excluding hydrogens is 111 g/mol. The van der Waals surface area contributed by atoms with E-state index in [-0.39, 0.29) is 2.85 Å². The van der Waals surface area contributed by atoms with Gasteiger partial charge in [-0.1, -0.05) is 29.8 Å². The first-order valence-corrected chi connectivity index (χ1v) is 3.19. The molecule has 0 aliphatic heterocycles. The maximum atomic E-state index is 2.65. The molecule has 0 unspecified atom stereocenters. The lowest BCUT2D eigenvalue weighted by molar-refractivity contribution is 1.49. The molecule has 0 fully saturated rings. The minimum absolute atomic E-state index is 0. The number of hydrogen-bond donors (Lipinski definition) is 0. The predicted molar refractivity (Wildman–Crippen MR) is 40.8 cm³/mol. The molecule has 0 aliphatic carbocycles. The fourth-order valence-electron chi connectivity index (χ4n) is 0.566. The van der Waals surface area contributed by atoms with Crippen LogP contribution in [0.5, 0.6) is 0 Å². The monoisotopic (exact) mass is 122 g/mol. The second-order valence-corrected chi connectivity index (χ2v) is 2.58. The largest absolute Gasteiger partial charge is 0.175 e. The van der Waals surface area contributed by atoms with E-state index < -0.39 is 0 Å². The Hall–Kier alpha value is -0.248. The maximum absolute atomic E-state index is 2.65. The average molecular weight is 122 g/mol. The van der Waals surface area contributed by atoms with Gasteiger partial charge in [-0.05, 0) is 6.92 Å². The fourth-order valence-corrected chi connectivity index (χ4v) is 0.759. The van der Waals surface area contributed by atoms with Crippen molar-refractivity contribution in [2.75, 3.05) is 0 Å². The molecule has 1 aromatic carbocycles. The maximum Gasteiger partial charge on any atom is 0.175 e. The van der Waals surface area contributed by atoms with Crippen LogP contribution < -0.4 is 4.43 Å². The number of rotatable bonds is 0. The summed E-state index contributed by atoms with van der Waals surface area (Å²) in [7, 11) is 0. The highest BCUT2D eigenvalue weighted by molar-refractivity contribution is 6.32. The standard InChI is InChI=1S/C7H7.Al.2H2/c1-7-5-3-2-4-6-7;;;/h3-6H,1H3;;2*1H. The third-order valence-corrected chi connectivity index (χ3v) is 1.46. The molecular formula is C7H11Al. The lowest BCUT2D eigenvalue weighted by Gasteiger charge is -1.91. The van der Waals surface area contributed by atoms with Gasteiger partial charge in [-0.3, -0.25) is 0 Å². The van der Waals surface area contributed by atoms with Crippen molar-refractivity contribution in [2.24, 2.45) is 0 Å². The van der Waals surface area contributed by atoms with Gasteiger partial charge in [0.1, 0.15) is 0 Å². The van der Waals surface area contributed by atoms with Gasteiger partial charge in [0.25, 0.3) is 0 Å². The summed E-state index contributed by atoms with van der Waals surface area (Å²) in [6.07, 6.45) is 0. The summed E-state index contributed by atoms with van der Waals surface area (Å²) < 4.78 is 1.25. The van der Waals surface area contributed by atoms with Gasteiger partial charge in [-0.25, -0.2) is 0 Å². The third-order valence-electron chi connectivity index (χ3n) is 1.08. The molecule has 0 heterocycles. The van der Waals surface area contributed by atoms with Crippen molar-refractivity contribution in [1.29, 1.82) is 0 Å². The molecule has 0 bridgehead atoms. The summed E-state index contributed by atoms with van der Waals surface area (Å²) >= 11 is 2.65. The SMILES string of the molecule is Cc1cc[c]([Al])cc1.[HH].[HH]. The molecule has 0 atom stereocenters. The van der Waals surface area contributed by atoms with E-state index in [9.17, 15) is 0 Å². The Morgan fingerprint density at radius 1 is 1.25 bits per heavy atom. The molecule has 0 aliphatic rings. The zero-order valence-corrected chi connectivity index (χ0v) is 6.04. The second-order valence-electron chi connectivity index (χ2n) is 1.91. The van der Waals surface area contributed by atoms with Gasteiger partial charge in [-0.15, -0.1) is 4.43 Å². The Balaban J connectivity index is 0. The highest BCUT2D eigenvalue weighted by Gasteiger charge is 1.79. The summed E-state index contributed by atoms with van der Waals surface area (Å²) in [6.45, 7) is 2.09. The fraction of sp³-hybridized carbons (Fsp3) is 0.143. The molecule has 8 heavy (non-hydrogen) atoms. The Morgan fingerprint density at radius 3 is 2.12 bits per heavy atom. The number of aryl methyl sites for hydroxylation is 1. The molecule has 0 amide bonds. The molecule has 1 aromatic rings. The van der Waals surface area contributed by atoms with Crippen molar-refractivity contribution in [3.05, 3.63) is 29.8 Å². The first-order chi connectivity index (χ1) is 3.79. The van der Waals surface area contributed by atoms with Crippen LogP contribution in [-0.4, -0.2) is 16.3 Å². The molecule has 42 valence electrons. The highest BCUT2D eigenvalue weighted by atomic mass is 27.0. The van der Waals surface area contributed by atoms with Crippen LogP contribution in [0.2, 0.25) is 0 Å². The van der Waals surface area contributed by atoms with Crippen molar-refractivity contribution in [2.45, 2.75) is 6.92 Å². The van der Waals surface area contributed by atoms with Gasteiger partial charge in [-0.2, -0.15) is 0 Å². The van der Waals surface area contributed by atoms with Crippen molar-refractivity contribution >= 4 is 20.7 Å². The summed E-state index contributed by atoms with van der Waals surface area (Å²) in [5.41, 5.74) is 1.32. The summed E-state index contributed by atoms with van der Waals surface area (Å²) in [5.74, 6) is 0. The molecule has 1 heteroatoms. The van der Waals surface area contributed by atoms with Crippen LogP contribution in [-0.2, 0) is 0 Å². The topological polar surface area (TPSA) is 0 Å². The van der Waals surface area contributed by atoms with Gasteiger partial charge in [0.15, 0.2) is 16.3 Å². The van der Waals surface area contributed by atoms with E-state index in [1.165, 1.54) is 9.99 Å². The average Bonchev–Trinajstić information content (AvgIpc) is 1.77. The Morgan fingerprint density at radius 2 is 1.75 bits per heavy atom. The van der Waals surface area contributed by atoms with Crippen molar-refractivity contribution in [3.8, 4) is 0 Å². The number of benzene rings is 1. The molecule has 0 spiro atoms. The first kappa shape index (κ1) is 5.88. The van der Waals surface area contributed by atoms with Crippen LogP contribution in [0.25, 0.3) is 0 Å². The van der Waals surface area contributed by atoms with E-state index >= 15 is 0 Å². The smallest absolute Gasteiger partial charge is 0.139 e. The normalized spacial score (nSPS) is 9.12. The Bertz CT molecular complexity index is 150. The van der Waals surface area contributed by atoms with Gasteiger partial charge < -0.3 is 0 Å². The van der Waals surface area contributed by atoms with Crippen LogP contribution in [0.15, 0.2) is 24.3 Å². The molecule has 0 saturated heterocycles. The van der Waals surface area contributed by atoms with E-state index in [0.717, 1.165) is 0 Å². The van der Waals surface area contributed by atoms with E-state index in [1.54, 1.807) is 0 Å². The predicted octanol–water partition coefficient (Wildman–Crippen LogP) is 1.28. The van der Waals surface area contributed by atoms with Crippen molar-refractivity contribution in [3.63, 3.8) is 0 Å². The Labute approximate surface area is 60.9 Å². The van der Waals surface area contributed by atoms with E-state index in [2.05, 4.69) is 47.5 Å². The van der Waals surface area contributed by atoms with Crippen molar-refractivity contribution in [1.82, 2.24) is 0 Å². The second kappa shape index (κ2) is 2.35. The van der Waals surface area contributed by atoms with Gasteiger partial charge in [0.05, 0.1) is 0 Å². The number of hydrogen-bond acceptors (Lipinski definition) is 0. The lowest BCUT2D eigenvalue weighted by Crippen LogP contribution is -1.98. The van der Waals surface area contributed by atoms with E-state index in [1.807, 2.05) is 0 Å². The highest BCUT2D eigenvalue weighted by Crippen LogP contribution is 1.90. The molecule has 1 rings (SSSR count). The van der Waals surface area contributed by atoms with Gasteiger partial charge in [0.2, 0.25) is 0 Å². The van der Waals surface area contributed by atoms with Crippen LogP contribution in [0.4, 0.5) is 0 Å². The summed E-state index contributed by atoms with van der Waals surface area (Å²) in [4.78, 5) is 0. The van der Waals surface area contributed by atoms with E-state index in [0.29, 0.717) is 0 Å². The zero-order chi connectivity index (χ0) is 5.98. The molecule has 0 saturated carbocycles. The van der Waals surface area contributed by atoms with Crippen molar-refractivity contribution < 1.29 is 2.85 Å². The molecule has 0 aromatic heterocycles. The van der Waals surface area contributed by atoms with Crippen LogP contribution in [0.3, 0.4) is 0 Å².